The number of nitrogens with one attached hydrogen (secondary N) is 1. The van der Waals surface area contributed by atoms with E-state index in [9.17, 15) is 4.79 Å². The van der Waals surface area contributed by atoms with E-state index in [2.05, 4.69) is 33.0 Å². The Morgan fingerprint density at radius 1 is 1.06 bits per heavy atom. The normalized spacial score (nSPS) is 14.7. The van der Waals surface area contributed by atoms with Crippen LogP contribution in [0.1, 0.15) is 72.6 Å². The highest BCUT2D eigenvalue weighted by Crippen LogP contribution is 2.31. The average Bonchev–Trinajstić information content (AvgIpc) is 2.34. The summed E-state index contributed by atoms with van der Waals surface area (Å²) < 4.78 is 0. The minimum Gasteiger partial charge on any atom is -0.368 e. The Labute approximate surface area is 113 Å². The second-order valence-corrected chi connectivity index (χ2v) is 5.29. The van der Waals surface area contributed by atoms with E-state index in [1.807, 2.05) is 0 Å². The molecule has 0 saturated heterocycles. The van der Waals surface area contributed by atoms with Crippen LogP contribution in [-0.4, -0.2) is 18.0 Å². The van der Waals surface area contributed by atoms with Gasteiger partial charge < -0.3 is 11.1 Å². The van der Waals surface area contributed by atoms with Crippen LogP contribution in [0.15, 0.2) is 0 Å². The molecule has 0 heterocycles. The van der Waals surface area contributed by atoms with E-state index < -0.39 is 5.54 Å². The summed E-state index contributed by atoms with van der Waals surface area (Å²) in [7, 11) is 0. The van der Waals surface area contributed by atoms with E-state index in [0.29, 0.717) is 5.92 Å². The lowest BCUT2D eigenvalue weighted by molar-refractivity contribution is -0.127. The minimum absolute atomic E-state index is 0.162. The second-order valence-electron chi connectivity index (χ2n) is 5.29. The Kier molecular flexibility index (Phi) is 9.08. The highest BCUT2D eigenvalue weighted by atomic mass is 16.1. The van der Waals surface area contributed by atoms with Gasteiger partial charge in [0.1, 0.15) is 5.54 Å². The van der Waals surface area contributed by atoms with Crippen molar-refractivity contribution in [1.82, 2.24) is 5.32 Å². The first kappa shape index (κ1) is 17.4. The third kappa shape index (κ3) is 4.60. The van der Waals surface area contributed by atoms with Crippen LogP contribution in [0, 0.1) is 5.92 Å². The van der Waals surface area contributed by atoms with Gasteiger partial charge in [-0.2, -0.15) is 0 Å². The van der Waals surface area contributed by atoms with Gasteiger partial charge in [0.05, 0.1) is 0 Å². The number of rotatable bonds is 11. The van der Waals surface area contributed by atoms with Gasteiger partial charge in [-0.15, -0.1) is 0 Å². The molecule has 0 bridgehead atoms. The second kappa shape index (κ2) is 9.37. The van der Waals surface area contributed by atoms with Crippen molar-refractivity contribution in [2.75, 3.05) is 6.54 Å². The zero-order chi connectivity index (χ0) is 14.0. The third-order valence-corrected chi connectivity index (χ3v) is 3.75. The number of nitrogens with two attached hydrogens (primary N) is 1. The van der Waals surface area contributed by atoms with E-state index in [1.165, 1.54) is 0 Å². The van der Waals surface area contributed by atoms with Crippen LogP contribution < -0.4 is 11.1 Å². The number of carbonyl (C=O) groups is 1. The molecule has 0 aliphatic rings. The fraction of sp³-hybridized carbons (Fsp3) is 0.933. The van der Waals surface area contributed by atoms with E-state index in [4.69, 9.17) is 5.73 Å². The van der Waals surface area contributed by atoms with Gasteiger partial charge in [0.25, 0.3) is 0 Å². The Hall–Kier alpha value is -0.570. The summed E-state index contributed by atoms with van der Waals surface area (Å²) in [6.45, 7) is 9.48. The van der Waals surface area contributed by atoms with Crippen LogP contribution in [0.3, 0.4) is 0 Å². The third-order valence-electron chi connectivity index (χ3n) is 3.75. The molecule has 3 N–H and O–H groups in total. The molecule has 0 spiro atoms. The predicted octanol–water partition coefficient (Wildman–Crippen LogP) is 3.23. The molecule has 108 valence electrons. The summed E-state index contributed by atoms with van der Waals surface area (Å²) in [5, 5.41) is 3.48. The van der Waals surface area contributed by atoms with Crippen molar-refractivity contribution in [1.29, 1.82) is 0 Å². The van der Waals surface area contributed by atoms with E-state index >= 15 is 0 Å². The zero-order valence-corrected chi connectivity index (χ0v) is 12.7. The summed E-state index contributed by atoms with van der Waals surface area (Å²) in [5.41, 5.74) is 5.27. The van der Waals surface area contributed by atoms with Crippen molar-refractivity contribution in [3.05, 3.63) is 0 Å². The van der Waals surface area contributed by atoms with Gasteiger partial charge in [-0.3, -0.25) is 4.79 Å². The van der Waals surface area contributed by atoms with Gasteiger partial charge >= 0.3 is 0 Å². The summed E-state index contributed by atoms with van der Waals surface area (Å²) in [4.78, 5) is 12.1. The molecule has 3 heteroatoms. The molecule has 1 amide bonds. The highest BCUT2D eigenvalue weighted by Gasteiger charge is 2.41. The first-order valence-corrected chi connectivity index (χ1v) is 7.63. The topological polar surface area (TPSA) is 55.1 Å². The molecule has 18 heavy (non-hydrogen) atoms. The van der Waals surface area contributed by atoms with Gasteiger partial charge in [-0.25, -0.2) is 0 Å². The summed E-state index contributed by atoms with van der Waals surface area (Å²) in [6, 6.07) is 0. The first-order chi connectivity index (χ1) is 8.58. The number of primary amides is 1. The molecule has 0 aliphatic carbocycles. The maximum absolute atomic E-state index is 12.1. The molecule has 0 rings (SSSR count). The fourth-order valence-corrected chi connectivity index (χ4v) is 2.92. The molecule has 0 aromatic rings. The SMILES string of the molecule is CCCNC(CCC)(C(N)=O)C(CCC)CCC. The van der Waals surface area contributed by atoms with E-state index in [1.54, 1.807) is 0 Å². The van der Waals surface area contributed by atoms with E-state index in [-0.39, 0.29) is 5.91 Å². The van der Waals surface area contributed by atoms with Crippen molar-refractivity contribution >= 4 is 5.91 Å². The molecular formula is C15H32N2O. The fourth-order valence-electron chi connectivity index (χ4n) is 2.92. The van der Waals surface area contributed by atoms with Crippen LogP contribution in [0.4, 0.5) is 0 Å². The molecule has 1 unspecified atom stereocenters. The van der Waals surface area contributed by atoms with Gasteiger partial charge in [0.15, 0.2) is 0 Å². The predicted molar refractivity (Wildman–Crippen MR) is 78.4 cm³/mol. The molecule has 0 aliphatic heterocycles. The van der Waals surface area contributed by atoms with Gasteiger partial charge in [-0.1, -0.05) is 47.0 Å². The number of amides is 1. The van der Waals surface area contributed by atoms with Crippen LogP contribution in [0.2, 0.25) is 0 Å². The Morgan fingerprint density at radius 2 is 1.61 bits per heavy atom. The van der Waals surface area contributed by atoms with Gasteiger partial charge in [0, 0.05) is 0 Å². The van der Waals surface area contributed by atoms with Gasteiger partial charge in [0.2, 0.25) is 5.91 Å². The van der Waals surface area contributed by atoms with Crippen molar-refractivity contribution in [2.45, 2.75) is 78.2 Å². The average molecular weight is 256 g/mol. The maximum atomic E-state index is 12.1. The van der Waals surface area contributed by atoms with Crippen LogP contribution in [0.5, 0.6) is 0 Å². The first-order valence-electron chi connectivity index (χ1n) is 7.63. The lowest BCUT2D eigenvalue weighted by Gasteiger charge is -2.39. The van der Waals surface area contributed by atoms with Gasteiger partial charge in [-0.05, 0) is 38.1 Å². The molecule has 0 radical (unpaired) electrons. The Balaban J connectivity index is 5.11. The van der Waals surface area contributed by atoms with Crippen LogP contribution >= 0.6 is 0 Å². The zero-order valence-electron chi connectivity index (χ0n) is 12.7. The quantitative estimate of drug-likeness (QED) is 0.596. The minimum atomic E-state index is -0.489. The van der Waals surface area contributed by atoms with Crippen LogP contribution in [0.25, 0.3) is 0 Å². The number of carbonyl (C=O) groups excluding carboxylic acids is 1. The van der Waals surface area contributed by atoms with Crippen LogP contribution in [-0.2, 0) is 4.79 Å². The number of hydrogen-bond acceptors (Lipinski definition) is 2. The molecular weight excluding hydrogens is 224 g/mol. The Morgan fingerprint density at radius 3 is 1.94 bits per heavy atom. The van der Waals surface area contributed by atoms with Crippen molar-refractivity contribution in [3.8, 4) is 0 Å². The highest BCUT2D eigenvalue weighted by molar-refractivity contribution is 5.85. The molecule has 0 aromatic carbocycles. The largest absolute Gasteiger partial charge is 0.368 e. The molecule has 3 nitrogen and oxygen atoms in total. The smallest absolute Gasteiger partial charge is 0.238 e. The summed E-state index contributed by atoms with van der Waals surface area (Å²) in [5.74, 6) is 0.209. The summed E-state index contributed by atoms with van der Waals surface area (Å²) in [6.07, 6.45) is 7.25. The van der Waals surface area contributed by atoms with Crippen molar-refractivity contribution < 1.29 is 4.79 Å². The number of hydrogen-bond donors (Lipinski definition) is 2. The standard InChI is InChI=1S/C15H32N2O/c1-5-9-13(10-6-2)15(11-7-3,14(16)18)17-12-8-4/h13,17H,5-12H2,1-4H3,(H2,16,18). The molecule has 0 aromatic heterocycles. The lowest BCUT2D eigenvalue weighted by atomic mass is 9.74. The molecule has 1 atom stereocenters. The van der Waals surface area contributed by atoms with E-state index in [0.717, 1.165) is 51.5 Å². The molecule has 0 fully saturated rings. The summed E-state index contributed by atoms with van der Waals surface area (Å²) >= 11 is 0. The lowest BCUT2D eigenvalue weighted by Crippen LogP contribution is -2.60. The van der Waals surface area contributed by atoms with Crippen molar-refractivity contribution in [2.24, 2.45) is 11.7 Å². The molecule has 0 saturated carbocycles. The maximum Gasteiger partial charge on any atom is 0.238 e. The Bertz CT molecular complexity index is 225. The monoisotopic (exact) mass is 256 g/mol. The van der Waals surface area contributed by atoms with Crippen molar-refractivity contribution in [3.63, 3.8) is 0 Å².